The Balaban J connectivity index is 1.49. The molecule has 3 heterocycles. The summed E-state index contributed by atoms with van der Waals surface area (Å²) in [6.07, 6.45) is 7.36. The van der Waals surface area contributed by atoms with E-state index in [1.165, 1.54) is 23.9 Å². The minimum atomic E-state index is -0.256. The van der Waals surface area contributed by atoms with E-state index in [2.05, 4.69) is 25.5 Å². The Morgan fingerprint density at radius 2 is 1.91 bits per heavy atom. The van der Waals surface area contributed by atoms with Crippen molar-refractivity contribution in [3.8, 4) is 0 Å². The number of rotatable bonds is 5. The van der Waals surface area contributed by atoms with E-state index in [0.717, 1.165) is 32.1 Å². The lowest BCUT2D eigenvalue weighted by Gasteiger charge is -2.13. The molecule has 5 rings (SSSR count). The molecule has 4 nitrogen and oxygen atoms in total. The highest BCUT2D eigenvalue weighted by Crippen LogP contribution is 2.36. The molecule has 0 aliphatic carbocycles. The fourth-order valence-corrected chi connectivity index (χ4v) is 5.39. The number of fused-ring (bicyclic) bond motifs is 1. The van der Waals surface area contributed by atoms with Crippen LogP contribution in [-0.4, -0.2) is 24.7 Å². The summed E-state index contributed by atoms with van der Waals surface area (Å²) in [6, 6.07) is 16.3. The number of hydrogen-bond acceptors (Lipinski definition) is 4. The van der Waals surface area contributed by atoms with Crippen LogP contribution in [0.5, 0.6) is 0 Å². The van der Waals surface area contributed by atoms with Gasteiger partial charge >= 0.3 is 0 Å². The number of carbonyl (C=O) groups is 1. The van der Waals surface area contributed by atoms with Crippen molar-refractivity contribution in [3.05, 3.63) is 105 Å². The Morgan fingerprint density at radius 3 is 2.67 bits per heavy atom. The van der Waals surface area contributed by atoms with Crippen molar-refractivity contribution in [2.24, 2.45) is 0 Å². The molecule has 1 fully saturated rings. The molecule has 0 atom stereocenters. The average molecular weight is 538 g/mol. The Kier molecular flexibility index (Phi) is 6.14. The lowest BCUT2D eigenvalue weighted by atomic mass is 10.1. The van der Waals surface area contributed by atoms with Gasteiger partial charge in [-0.1, -0.05) is 58.1 Å². The van der Waals surface area contributed by atoms with E-state index in [-0.39, 0.29) is 11.7 Å². The molecule has 4 aromatic rings. The van der Waals surface area contributed by atoms with Crippen LogP contribution in [0.15, 0.2) is 82.6 Å². The first-order valence-corrected chi connectivity index (χ1v) is 12.2. The van der Waals surface area contributed by atoms with Gasteiger partial charge in [-0.25, -0.2) is 4.39 Å². The van der Waals surface area contributed by atoms with E-state index in [1.807, 2.05) is 42.6 Å². The fraction of sp³-hybridized carbons (Fsp3) is 0.0800. The van der Waals surface area contributed by atoms with Gasteiger partial charge in [0.05, 0.1) is 11.4 Å². The third-order valence-corrected chi connectivity index (χ3v) is 7.23. The van der Waals surface area contributed by atoms with Gasteiger partial charge in [0, 0.05) is 46.1 Å². The largest absolute Gasteiger partial charge is 0.342 e. The van der Waals surface area contributed by atoms with Crippen LogP contribution in [0.25, 0.3) is 17.0 Å². The lowest BCUT2D eigenvalue weighted by molar-refractivity contribution is -0.122. The van der Waals surface area contributed by atoms with E-state index in [1.54, 1.807) is 29.4 Å². The second kappa shape index (κ2) is 9.21. The highest BCUT2D eigenvalue weighted by atomic mass is 79.9. The Morgan fingerprint density at radius 1 is 1.09 bits per heavy atom. The third kappa shape index (κ3) is 4.64. The maximum atomic E-state index is 13.3. The molecule has 164 valence electrons. The number of carbonyl (C=O) groups excluding carboxylic acids is 1. The van der Waals surface area contributed by atoms with Gasteiger partial charge in [0.2, 0.25) is 0 Å². The second-order valence-electron chi connectivity index (χ2n) is 7.63. The summed E-state index contributed by atoms with van der Waals surface area (Å²) in [6.45, 7) is 0.988. The van der Waals surface area contributed by atoms with Gasteiger partial charge in [0.15, 0.2) is 0 Å². The number of hydrogen-bond donors (Lipinski definition) is 0. The molecule has 1 amide bonds. The number of thioether (sulfide) groups is 1. The van der Waals surface area contributed by atoms with Crippen molar-refractivity contribution in [2.75, 3.05) is 0 Å². The van der Waals surface area contributed by atoms with Crippen LogP contribution >= 0.6 is 39.9 Å². The van der Waals surface area contributed by atoms with Crippen molar-refractivity contribution in [1.29, 1.82) is 0 Å². The topological polar surface area (TPSA) is 38.1 Å². The number of aromatic nitrogens is 2. The highest BCUT2D eigenvalue weighted by Gasteiger charge is 2.32. The zero-order valence-electron chi connectivity index (χ0n) is 17.2. The van der Waals surface area contributed by atoms with Crippen LogP contribution in [0, 0.1) is 5.82 Å². The maximum Gasteiger partial charge on any atom is 0.266 e. The van der Waals surface area contributed by atoms with Gasteiger partial charge in [-0.3, -0.25) is 14.7 Å². The molecule has 1 aliphatic heterocycles. The van der Waals surface area contributed by atoms with E-state index < -0.39 is 0 Å². The van der Waals surface area contributed by atoms with E-state index in [0.29, 0.717) is 22.3 Å². The number of nitrogens with zero attached hydrogens (tertiary/aromatic N) is 3. The first-order valence-electron chi connectivity index (χ1n) is 10.1. The molecule has 0 radical (unpaired) electrons. The Hall–Kier alpha value is -2.81. The summed E-state index contributed by atoms with van der Waals surface area (Å²) in [5.41, 5.74) is 3.87. The van der Waals surface area contributed by atoms with Crippen LogP contribution in [0.3, 0.4) is 0 Å². The van der Waals surface area contributed by atoms with Gasteiger partial charge < -0.3 is 4.57 Å². The molecule has 0 unspecified atom stereocenters. The molecule has 0 N–H and O–H groups in total. The van der Waals surface area contributed by atoms with Crippen LogP contribution in [-0.2, 0) is 17.9 Å². The standard InChI is InChI=1S/C25H17BrFN3OS2/c26-19-5-8-22-21(11-19)18(15-29(22)13-16-3-6-20(27)7-4-16)10-23-24(31)30(25(32)33-23)14-17-2-1-9-28-12-17/h1-12,15H,13-14H2/b23-10-. The van der Waals surface area contributed by atoms with Crippen molar-refractivity contribution in [1.82, 2.24) is 14.5 Å². The molecule has 8 heteroatoms. The van der Waals surface area contributed by atoms with Gasteiger partial charge in [-0.15, -0.1) is 0 Å². The second-order valence-corrected chi connectivity index (χ2v) is 10.2. The summed E-state index contributed by atoms with van der Waals surface area (Å²) in [5, 5.41) is 1.02. The smallest absolute Gasteiger partial charge is 0.266 e. The molecule has 2 aromatic carbocycles. The zero-order chi connectivity index (χ0) is 22.9. The first-order chi connectivity index (χ1) is 16.0. The van der Waals surface area contributed by atoms with E-state index in [9.17, 15) is 9.18 Å². The van der Waals surface area contributed by atoms with Crippen molar-refractivity contribution in [3.63, 3.8) is 0 Å². The Bertz CT molecular complexity index is 1400. The third-order valence-electron chi connectivity index (χ3n) is 5.36. The predicted octanol–water partition coefficient (Wildman–Crippen LogP) is 6.39. The predicted molar refractivity (Wildman–Crippen MR) is 138 cm³/mol. The molecular formula is C25H17BrFN3OS2. The summed E-state index contributed by atoms with van der Waals surface area (Å²) >= 11 is 10.4. The monoisotopic (exact) mass is 537 g/mol. The highest BCUT2D eigenvalue weighted by molar-refractivity contribution is 9.10. The van der Waals surface area contributed by atoms with Crippen molar-refractivity contribution >= 4 is 67.1 Å². The number of halogens is 2. The van der Waals surface area contributed by atoms with E-state index >= 15 is 0 Å². The fourth-order valence-electron chi connectivity index (χ4n) is 3.78. The minimum absolute atomic E-state index is 0.108. The van der Waals surface area contributed by atoms with E-state index in [4.69, 9.17) is 12.2 Å². The van der Waals surface area contributed by atoms with Crippen molar-refractivity contribution < 1.29 is 9.18 Å². The Labute approximate surface area is 208 Å². The van der Waals surface area contributed by atoms with Gasteiger partial charge in [-0.2, -0.15) is 0 Å². The maximum absolute atomic E-state index is 13.3. The molecule has 0 saturated carbocycles. The van der Waals surface area contributed by atoms with Gasteiger partial charge in [0.1, 0.15) is 10.1 Å². The SMILES string of the molecule is O=C1/C(=C/c2cn(Cc3ccc(F)cc3)c3ccc(Br)cc23)SC(=S)N1Cc1cccnc1. The average Bonchev–Trinajstić information content (AvgIpc) is 3.27. The molecule has 0 bridgehead atoms. The molecule has 1 saturated heterocycles. The quantitative estimate of drug-likeness (QED) is 0.218. The summed E-state index contributed by atoms with van der Waals surface area (Å²) in [7, 11) is 0. The van der Waals surface area contributed by atoms with Gasteiger partial charge in [0.25, 0.3) is 5.91 Å². The van der Waals surface area contributed by atoms with Crippen molar-refractivity contribution in [2.45, 2.75) is 13.1 Å². The summed E-state index contributed by atoms with van der Waals surface area (Å²) < 4.78 is 16.9. The number of benzene rings is 2. The molecule has 2 aromatic heterocycles. The number of pyridine rings is 1. The molecular weight excluding hydrogens is 521 g/mol. The zero-order valence-corrected chi connectivity index (χ0v) is 20.5. The first kappa shape index (κ1) is 22.0. The molecule has 1 aliphatic rings. The van der Waals surface area contributed by atoms with Crippen LogP contribution < -0.4 is 0 Å². The van der Waals surface area contributed by atoms with Crippen LogP contribution in [0.1, 0.15) is 16.7 Å². The normalized spacial score (nSPS) is 15.2. The molecule has 0 spiro atoms. The summed E-state index contributed by atoms with van der Waals surface area (Å²) in [4.78, 5) is 19.4. The number of amides is 1. The lowest BCUT2D eigenvalue weighted by Crippen LogP contribution is -2.27. The summed E-state index contributed by atoms with van der Waals surface area (Å²) in [5.74, 6) is -0.364. The minimum Gasteiger partial charge on any atom is -0.342 e. The van der Waals surface area contributed by atoms with Gasteiger partial charge in [-0.05, 0) is 53.6 Å². The molecule has 33 heavy (non-hydrogen) atoms. The van der Waals surface area contributed by atoms with Crippen LogP contribution in [0.2, 0.25) is 0 Å². The van der Waals surface area contributed by atoms with Crippen LogP contribution in [0.4, 0.5) is 4.39 Å². The number of thiocarbonyl (C=S) groups is 1.